The Kier molecular flexibility index (Phi) is 5.91. The highest BCUT2D eigenvalue weighted by atomic mass is 16.5. The molecule has 1 aliphatic heterocycles. The molecular formula is C29H21NO4. The van der Waals surface area contributed by atoms with E-state index in [9.17, 15) is 9.59 Å². The lowest BCUT2D eigenvalue weighted by Crippen LogP contribution is -2.25. The van der Waals surface area contributed by atoms with Crippen molar-refractivity contribution in [1.29, 1.82) is 0 Å². The van der Waals surface area contributed by atoms with Crippen LogP contribution in [0.1, 0.15) is 33.2 Å². The fraction of sp³-hybridized carbons (Fsp3) is 0.0345. The molecule has 0 fully saturated rings. The molecule has 0 spiro atoms. The maximum absolute atomic E-state index is 13.4. The number of esters is 2. The lowest BCUT2D eigenvalue weighted by Gasteiger charge is -2.24. The first-order valence-corrected chi connectivity index (χ1v) is 10.9. The van der Waals surface area contributed by atoms with Gasteiger partial charge in [0.15, 0.2) is 11.9 Å². The minimum absolute atomic E-state index is 0.238. The average Bonchev–Trinajstić information content (AvgIpc) is 2.89. The van der Waals surface area contributed by atoms with E-state index in [2.05, 4.69) is 5.32 Å². The van der Waals surface area contributed by atoms with E-state index in [0.717, 1.165) is 16.7 Å². The van der Waals surface area contributed by atoms with Crippen LogP contribution in [0.2, 0.25) is 0 Å². The summed E-state index contributed by atoms with van der Waals surface area (Å²) >= 11 is 0. The molecule has 1 aliphatic rings. The first-order valence-electron chi connectivity index (χ1n) is 10.9. The van der Waals surface area contributed by atoms with Gasteiger partial charge in [0, 0.05) is 0 Å². The monoisotopic (exact) mass is 447 g/mol. The molecule has 0 unspecified atom stereocenters. The lowest BCUT2D eigenvalue weighted by molar-refractivity contribution is -0.130. The van der Waals surface area contributed by atoms with Crippen LogP contribution in [0.25, 0.3) is 6.08 Å². The first-order chi connectivity index (χ1) is 16.7. The minimum atomic E-state index is -0.587. The van der Waals surface area contributed by atoms with Crippen LogP contribution < -0.4 is 10.1 Å². The minimum Gasteiger partial charge on any atom is -0.449 e. The molecule has 0 amide bonds. The van der Waals surface area contributed by atoms with E-state index in [1.54, 1.807) is 24.3 Å². The van der Waals surface area contributed by atoms with Gasteiger partial charge in [0.05, 0.1) is 11.3 Å². The summed E-state index contributed by atoms with van der Waals surface area (Å²) < 4.78 is 11.5. The van der Waals surface area contributed by atoms with Crippen molar-refractivity contribution in [2.24, 2.45) is 0 Å². The summed E-state index contributed by atoms with van der Waals surface area (Å²) in [6.07, 6.45) is 1.10. The van der Waals surface area contributed by atoms with Crippen molar-refractivity contribution in [1.82, 2.24) is 0 Å². The average molecular weight is 447 g/mol. The molecule has 4 aromatic carbocycles. The number of carbonyl (C=O) groups excluding carboxylic acids is 2. The van der Waals surface area contributed by atoms with E-state index < -0.39 is 18.0 Å². The fourth-order valence-electron chi connectivity index (χ4n) is 3.82. The molecule has 34 heavy (non-hydrogen) atoms. The quantitative estimate of drug-likeness (QED) is 0.231. The van der Waals surface area contributed by atoms with Crippen LogP contribution in [-0.4, -0.2) is 11.9 Å². The molecular weight excluding hydrogens is 426 g/mol. The van der Waals surface area contributed by atoms with Crippen molar-refractivity contribution in [3.05, 3.63) is 137 Å². The van der Waals surface area contributed by atoms with Crippen molar-refractivity contribution in [3.8, 4) is 5.75 Å². The van der Waals surface area contributed by atoms with Crippen LogP contribution in [0, 0.1) is 0 Å². The van der Waals surface area contributed by atoms with Crippen LogP contribution in [0.3, 0.4) is 0 Å². The number of rotatable bonds is 5. The third kappa shape index (κ3) is 4.45. The zero-order chi connectivity index (χ0) is 23.3. The third-order valence-electron chi connectivity index (χ3n) is 5.47. The molecule has 5 rings (SSSR count). The Labute approximate surface area is 197 Å². The Morgan fingerprint density at radius 2 is 1.35 bits per heavy atom. The van der Waals surface area contributed by atoms with Gasteiger partial charge < -0.3 is 14.8 Å². The van der Waals surface area contributed by atoms with Gasteiger partial charge in [-0.3, -0.25) is 0 Å². The van der Waals surface area contributed by atoms with Gasteiger partial charge >= 0.3 is 11.9 Å². The molecule has 0 bridgehead atoms. The van der Waals surface area contributed by atoms with Gasteiger partial charge in [0.2, 0.25) is 0 Å². The number of nitrogens with one attached hydrogen (secondary N) is 1. The summed E-state index contributed by atoms with van der Waals surface area (Å²) in [4.78, 5) is 25.9. The van der Waals surface area contributed by atoms with Crippen molar-refractivity contribution in [2.45, 2.75) is 6.10 Å². The van der Waals surface area contributed by atoms with Crippen LogP contribution in [0.4, 0.5) is 5.69 Å². The van der Waals surface area contributed by atoms with E-state index in [1.807, 2.05) is 91.0 Å². The topological polar surface area (TPSA) is 64.6 Å². The van der Waals surface area contributed by atoms with E-state index in [-0.39, 0.29) is 17.0 Å². The Balaban J connectivity index is 1.48. The van der Waals surface area contributed by atoms with Gasteiger partial charge in [0.1, 0.15) is 5.70 Å². The Morgan fingerprint density at radius 3 is 1.97 bits per heavy atom. The SMILES string of the molecule is O=C1Oc2cccc(C(=O)OC(c3ccccc3)c3ccccc3)c2N/C1=C\c1ccccc1. The Hall–Kier alpha value is -4.64. The summed E-state index contributed by atoms with van der Waals surface area (Å²) in [6.45, 7) is 0. The van der Waals surface area contributed by atoms with E-state index in [4.69, 9.17) is 9.47 Å². The smallest absolute Gasteiger partial charge is 0.360 e. The molecule has 4 aromatic rings. The van der Waals surface area contributed by atoms with Gasteiger partial charge in [-0.1, -0.05) is 97.1 Å². The first kappa shape index (κ1) is 21.2. The van der Waals surface area contributed by atoms with Gasteiger partial charge in [-0.25, -0.2) is 9.59 Å². The van der Waals surface area contributed by atoms with Gasteiger partial charge in [-0.05, 0) is 34.9 Å². The number of carbonyl (C=O) groups is 2. The number of benzene rings is 4. The van der Waals surface area contributed by atoms with Crippen LogP contribution in [-0.2, 0) is 9.53 Å². The summed E-state index contributed by atoms with van der Waals surface area (Å²) in [5.74, 6) is -0.770. The van der Waals surface area contributed by atoms with Gasteiger partial charge in [0.25, 0.3) is 0 Å². The molecule has 1 N–H and O–H groups in total. The summed E-state index contributed by atoms with van der Waals surface area (Å²) in [5.41, 5.74) is 3.46. The van der Waals surface area contributed by atoms with Crippen molar-refractivity contribution in [2.75, 3.05) is 5.32 Å². The fourth-order valence-corrected chi connectivity index (χ4v) is 3.82. The second kappa shape index (κ2) is 9.46. The third-order valence-corrected chi connectivity index (χ3v) is 5.47. The maximum Gasteiger partial charge on any atom is 0.360 e. The Bertz CT molecular complexity index is 1310. The van der Waals surface area contributed by atoms with E-state index >= 15 is 0 Å². The standard InChI is InChI=1S/C29H21NO4/c31-28(34-27(21-13-6-2-7-14-21)22-15-8-3-9-16-22)23-17-10-18-25-26(23)30-24(29(32)33-25)19-20-11-4-1-5-12-20/h1-19,27,30H/b24-19-. The number of para-hydroxylation sites is 1. The largest absolute Gasteiger partial charge is 0.449 e. The molecule has 166 valence electrons. The number of anilines is 1. The van der Waals surface area contributed by atoms with Crippen molar-refractivity contribution in [3.63, 3.8) is 0 Å². The van der Waals surface area contributed by atoms with Crippen LogP contribution in [0.15, 0.2) is 115 Å². The van der Waals surface area contributed by atoms with Gasteiger partial charge in [-0.2, -0.15) is 0 Å². The zero-order valence-corrected chi connectivity index (χ0v) is 18.2. The molecule has 0 radical (unpaired) electrons. The number of hydrogen-bond donors (Lipinski definition) is 1. The predicted octanol–water partition coefficient (Wildman–Crippen LogP) is 6.01. The molecule has 5 nitrogen and oxygen atoms in total. The number of fused-ring (bicyclic) bond motifs is 1. The van der Waals surface area contributed by atoms with E-state index in [0.29, 0.717) is 5.69 Å². The molecule has 5 heteroatoms. The molecule has 0 saturated carbocycles. The highest BCUT2D eigenvalue weighted by molar-refractivity contribution is 6.06. The van der Waals surface area contributed by atoms with Crippen molar-refractivity contribution >= 4 is 23.7 Å². The molecule has 0 saturated heterocycles. The maximum atomic E-state index is 13.4. The highest BCUT2D eigenvalue weighted by Gasteiger charge is 2.28. The molecule has 0 atom stereocenters. The summed E-state index contributed by atoms with van der Waals surface area (Å²) in [7, 11) is 0. The van der Waals surface area contributed by atoms with E-state index in [1.165, 1.54) is 0 Å². The Morgan fingerprint density at radius 1 is 0.765 bits per heavy atom. The second-order valence-electron chi connectivity index (χ2n) is 7.77. The molecule has 1 heterocycles. The van der Waals surface area contributed by atoms with Crippen molar-refractivity contribution < 1.29 is 19.1 Å². The lowest BCUT2D eigenvalue weighted by atomic mass is 10.0. The highest BCUT2D eigenvalue weighted by Crippen LogP contribution is 2.36. The molecule has 0 aliphatic carbocycles. The summed E-state index contributed by atoms with van der Waals surface area (Å²) in [5, 5.41) is 3.08. The second-order valence-corrected chi connectivity index (χ2v) is 7.77. The number of ether oxygens (including phenoxy) is 2. The summed E-state index contributed by atoms with van der Waals surface area (Å²) in [6, 6.07) is 33.5. The molecule has 0 aromatic heterocycles. The zero-order valence-electron chi connectivity index (χ0n) is 18.2. The van der Waals surface area contributed by atoms with Crippen LogP contribution >= 0.6 is 0 Å². The predicted molar refractivity (Wildman–Crippen MR) is 130 cm³/mol. The van der Waals surface area contributed by atoms with Crippen LogP contribution in [0.5, 0.6) is 5.75 Å². The van der Waals surface area contributed by atoms with Gasteiger partial charge in [-0.15, -0.1) is 0 Å². The number of hydrogen-bond acceptors (Lipinski definition) is 5. The normalized spacial score (nSPS) is 13.7.